The Bertz CT molecular complexity index is 806. The number of nitrogens with zero attached hydrogens (tertiary/aromatic N) is 2. The molecule has 9 heteroatoms. The molecule has 148 valence electrons. The monoisotopic (exact) mass is 396 g/mol. The number of carbonyl (C=O) groups is 1. The lowest BCUT2D eigenvalue weighted by molar-refractivity contribution is -0.0164. The van der Waals surface area contributed by atoms with E-state index in [1.807, 2.05) is 0 Å². The van der Waals surface area contributed by atoms with Gasteiger partial charge in [0.1, 0.15) is 5.75 Å². The van der Waals surface area contributed by atoms with Gasteiger partial charge in [0, 0.05) is 37.3 Å². The summed E-state index contributed by atoms with van der Waals surface area (Å²) in [5, 5.41) is -0.558. The number of sulfonamides is 1. The van der Waals surface area contributed by atoms with Crippen molar-refractivity contribution >= 4 is 15.9 Å². The quantitative estimate of drug-likeness (QED) is 0.752. The maximum absolute atomic E-state index is 13.0. The van der Waals surface area contributed by atoms with Crippen LogP contribution in [0, 0.1) is 0 Å². The van der Waals surface area contributed by atoms with Crippen molar-refractivity contribution < 1.29 is 27.4 Å². The molecule has 0 bridgehead atoms. The molecular weight excluding hydrogens is 372 g/mol. The summed E-state index contributed by atoms with van der Waals surface area (Å²) in [5.41, 5.74) is 1.37. The van der Waals surface area contributed by atoms with Crippen LogP contribution in [0.4, 0.5) is 0 Å². The molecule has 27 heavy (non-hydrogen) atoms. The van der Waals surface area contributed by atoms with Gasteiger partial charge in [0.2, 0.25) is 10.0 Å². The van der Waals surface area contributed by atoms with Crippen LogP contribution < -0.4 is 4.74 Å². The number of piperidine rings is 1. The fraction of sp³-hybridized carbons (Fsp3) is 0.611. The number of benzene rings is 1. The van der Waals surface area contributed by atoms with Crippen LogP contribution in [-0.4, -0.2) is 75.0 Å². The summed E-state index contributed by atoms with van der Waals surface area (Å²) in [5.74, 6) is 0.578. The summed E-state index contributed by atoms with van der Waals surface area (Å²) in [7, 11) is -3.43. The van der Waals surface area contributed by atoms with Crippen molar-refractivity contribution in [3.05, 3.63) is 29.3 Å². The minimum absolute atomic E-state index is 0.148. The molecule has 8 nitrogen and oxygen atoms in total. The van der Waals surface area contributed by atoms with E-state index in [1.54, 1.807) is 23.1 Å². The van der Waals surface area contributed by atoms with Crippen molar-refractivity contribution in [2.75, 3.05) is 46.2 Å². The first kappa shape index (κ1) is 18.7. The van der Waals surface area contributed by atoms with Crippen LogP contribution in [0.1, 0.15) is 28.8 Å². The summed E-state index contributed by atoms with van der Waals surface area (Å²) >= 11 is 0. The molecule has 2 fully saturated rings. The lowest BCUT2D eigenvalue weighted by atomic mass is 10.1. The Kier molecular flexibility index (Phi) is 5.36. The molecule has 1 amide bonds. The number of amides is 1. The molecule has 0 aromatic heterocycles. The maximum Gasteiger partial charge on any atom is 0.253 e. The van der Waals surface area contributed by atoms with E-state index in [2.05, 4.69) is 0 Å². The second-order valence-corrected chi connectivity index (χ2v) is 9.22. The van der Waals surface area contributed by atoms with Crippen LogP contribution in [0.25, 0.3) is 0 Å². The highest BCUT2D eigenvalue weighted by atomic mass is 32.2. The Morgan fingerprint density at radius 2 is 1.93 bits per heavy atom. The Labute approximate surface area is 159 Å². The molecule has 1 aromatic carbocycles. The highest BCUT2D eigenvalue weighted by Crippen LogP contribution is 2.27. The van der Waals surface area contributed by atoms with Gasteiger partial charge in [0.05, 0.1) is 25.1 Å². The molecule has 0 N–H and O–H groups in total. The number of hydrogen-bond donors (Lipinski definition) is 0. The van der Waals surface area contributed by atoms with Crippen molar-refractivity contribution in [3.63, 3.8) is 0 Å². The summed E-state index contributed by atoms with van der Waals surface area (Å²) in [6, 6.07) is 5.28. The maximum atomic E-state index is 13.0. The zero-order valence-electron chi connectivity index (χ0n) is 15.1. The van der Waals surface area contributed by atoms with Crippen molar-refractivity contribution in [1.29, 1.82) is 0 Å². The molecule has 4 rings (SSSR count). The van der Waals surface area contributed by atoms with Crippen LogP contribution in [0.2, 0.25) is 0 Å². The standard InChI is InChI=1S/C18H24N2O6S/c21-18(14-3-4-17-15(10-14)12-25-13-26-17)19-5-1-2-16(11-19)27(22,23)20-6-8-24-9-7-20/h3-4,10,16H,1-2,5-9,11-13H2/t16-/m1/s1. The van der Waals surface area contributed by atoms with Crippen molar-refractivity contribution in [2.45, 2.75) is 24.7 Å². The van der Waals surface area contributed by atoms with Gasteiger partial charge in [-0.1, -0.05) is 0 Å². The van der Waals surface area contributed by atoms with Gasteiger partial charge in [-0.2, -0.15) is 4.31 Å². The molecule has 1 aromatic rings. The summed E-state index contributed by atoms with van der Waals surface area (Å²) in [4.78, 5) is 14.6. The molecule has 0 spiro atoms. The number of morpholine rings is 1. The van der Waals surface area contributed by atoms with E-state index >= 15 is 0 Å². The normalized spacial score (nSPS) is 24.1. The minimum Gasteiger partial charge on any atom is -0.467 e. The van der Waals surface area contributed by atoms with Gasteiger partial charge in [0.25, 0.3) is 5.91 Å². The van der Waals surface area contributed by atoms with Gasteiger partial charge in [0.15, 0.2) is 6.79 Å². The zero-order valence-corrected chi connectivity index (χ0v) is 15.9. The number of likely N-dealkylation sites (tertiary alicyclic amines) is 1. The molecule has 0 radical (unpaired) electrons. The van der Waals surface area contributed by atoms with Crippen LogP contribution in [0.3, 0.4) is 0 Å². The third-order valence-electron chi connectivity index (χ3n) is 5.28. The first-order valence-electron chi connectivity index (χ1n) is 9.25. The van der Waals surface area contributed by atoms with Crippen LogP contribution >= 0.6 is 0 Å². The fourth-order valence-electron chi connectivity index (χ4n) is 3.78. The van der Waals surface area contributed by atoms with Crippen molar-refractivity contribution in [2.24, 2.45) is 0 Å². The van der Waals surface area contributed by atoms with Crippen molar-refractivity contribution in [3.8, 4) is 5.75 Å². The summed E-state index contributed by atoms with van der Waals surface area (Å²) in [6.07, 6.45) is 1.26. The van der Waals surface area contributed by atoms with E-state index in [0.29, 0.717) is 57.9 Å². The van der Waals surface area contributed by atoms with E-state index in [0.717, 1.165) is 11.3 Å². The Morgan fingerprint density at radius 1 is 1.11 bits per heavy atom. The SMILES string of the molecule is O=C(c1ccc2c(c1)COCO2)N1CCC[C@@H](S(=O)(=O)N2CCOCC2)C1. The lowest BCUT2D eigenvalue weighted by Crippen LogP contribution is -2.51. The molecule has 3 aliphatic heterocycles. The van der Waals surface area contributed by atoms with Gasteiger partial charge in [-0.25, -0.2) is 8.42 Å². The third-order valence-corrected chi connectivity index (χ3v) is 7.59. The third kappa shape index (κ3) is 3.82. The smallest absolute Gasteiger partial charge is 0.253 e. The Hall–Kier alpha value is -1.68. The largest absolute Gasteiger partial charge is 0.467 e. The zero-order chi connectivity index (χ0) is 18.9. The number of hydrogen-bond acceptors (Lipinski definition) is 6. The van der Waals surface area contributed by atoms with E-state index in [1.165, 1.54) is 4.31 Å². The second-order valence-electron chi connectivity index (χ2n) is 7.00. The van der Waals surface area contributed by atoms with E-state index in [4.69, 9.17) is 14.2 Å². The van der Waals surface area contributed by atoms with Gasteiger partial charge in [-0.3, -0.25) is 4.79 Å². The highest BCUT2D eigenvalue weighted by Gasteiger charge is 2.37. The van der Waals surface area contributed by atoms with Crippen LogP contribution in [0.5, 0.6) is 5.75 Å². The molecule has 3 aliphatic rings. The van der Waals surface area contributed by atoms with Crippen LogP contribution in [-0.2, 0) is 26.1 Å². The molecular formula is C18H24N2O6S. The molecule has 0 aliphatic carbocycles. The first-order chi connectivity index (χ1) is 13.1. The second kappa shape index (κ2) is 7.75. The van der Waals surface area contributed by atoms with Gasteiger partial charge < -0.3 is 19.1 Å². The molecule has 1 atom stereocenters. The topological polar surface area (TPSA) is 85.4 Å². The number of rotatable bonds is 3. The average molecular weight is 396 g/mol. The van der Waals surface area contributed by atoms with E-state index < -0.39 is 15.3 Å². The number of fused-ring (bicyclic) bond motifs is 1. The molecule has 2 saturated heterocycles. The van der Waals surface area contributed by atoms with Gasteiger partial charge >= 0.3 is 0 Å². The highest BCUT2D eigenvalue weighted by molar-refractivity contribution is 7.89. The predicted octanol–water partition coefficient (Wildman–Crippen LogP) is 0.820. The number of carbonyl (C=O) groups excluding carboxylic acids is 1. The fourth-order valence-corrected chi connectivity index (χ4v) is 5.70. The van der Waals surface area contributed by atoms with E-state index in [-0.39, 0.29) is 19.2 Å². The van der Waals surface area contributed by atoms with Crippen LogP contribution in [0.15, 0.2) is 18.2 Å². The molecule has 0 unspecified atom stereocenters. The molecule has 3 heterocycles. The van der Waals surface area contributed by atoms with E-state index in [9.17, 15) is 13.2 Å². The average Bonchev–Trinajstić information content (AvgIpc) is 2.73. The first-order valence-corrected chi connectivity index (χ1v) is 10.8. The van der Waals surface area contributed by atoms with Gasteiger partial charge in [-0.05, 0) is 31.0 Å². The Morgan fingerprint density at radius 3 is 2.74 bits per heavy atom. The summed E-state index contributed by atoms with van der Waals surface area (Å²) in [6.45, 7) is 3.04. The number of ether oxygens (including phenoxy) is 3. The minimum atomic E-state index is -3.43. The molecule has 0 saturated carbocycles. The summed E-state index contributed by atoms with van der Waals surface area (Å²) < 4.78 is 43.3. The predicted molar refractivity (Wildman–Crippen MR) is 97.0 cm³/mol. The lowest BCUT2D eigenvalue weighted by Gasteiger charge is -2.36. The Balaban J connectivity index is 1.48. The van der Waals surface area contributed by atoms with Gasteiger partial charge in [-0.15, -0.1) is 0 Å². The van der Waals surface area contributed by atoms with Crippen molar-refractivity contribution in [1.82, 2.24) is 9.21 Å².